The quantitative estimate of drug-likeness (QED) is 0.396. The molecule has 0 fully saturated rings. The number of carbonyl (C=O) groups is 1. The molecule has 5 nitrogen and oxygen atoms in total. The number of aliphatic hydroxyl groups is 1. The van der Waals surface area contributed by atoms with Crippen LogP contribution in [0.4, 0.5) is 4.79 Å². The highest BCUT2D eigenvalue weighted by molar-refractivity contribution is 6.74. The van der Waals surface area contributed by atoms with Gasteiger partial charge < -0.3 is 14.3 Å². The van der Waals surface area contributed by atoms with E-state index in [1.165, 1.54) is 0 Å². The molecule has 0 aliphatic rings. The van der Waals surface area contributed by atoms with Gasteiger partial charge in [0.15, 0.2) is 8.32 Å². The maximum absolute atomic E-state index is 13.2. The Morgan fingerprint density at radius 2 is 1.73 bits per heavy atom. The van der Waals surface area contributed by atoms with Gasteiger partial charge in [0, 0.05) is 6.54 Å². The van der Waals surface area contributed by atoms with Crippen molar-refractivity contribution in [3.05, 3.63) is 48.6 Å². The molecule has 0 radical (unpaired) electrons. The van der Waals surface area contributed by atoms with Crippen molar-refractivity contribution < 1.29 is 19.1 Å². The average molecular weight is 436 g/mol. The Morgan fingerprint density at radius 1 is 1.17 bits per heavy atom. The summed E-state index contributed by atoms with van der Waals surface area (Å²) in [7, 11) is -2.14. The highest BCUT2D eigenvalue weighted by atomic mass is 28.4. The fourth-order valence-electron chi connectivity index (χ4n) is 2.84. The van der Waals surface area contributed by atoms with E-state index >= 15 is 0 Å². The van der Waals surface area contributed by atoms with Crippen LogP contribution in [0.25, 0.3) is 0 Å². The normalized spacial score (nSPS) is 14.7. The Morgan fingerprint density at radius 3 is 2.17 bits per heavy atom. The number of nitrogens with zero attached hydrogens (tertiary/aromatic N) is 1. The van der Waals surface area contributed by atoms with Crippen LogP contribution in [0.1, 0.15) is 53.5 Å². The van der Waals surface area contributed by atoms with Crippen LogP contribution in [0.3, 0.4) is 0 Å². The van der Waals surface area contributed by atoms with Gasteiger partial charge in [-0.3, -0.25) is 4.90 Å². The summed E-state index contributed by atoms with van der Waals surface area (Å²) in [6, 6.07) is 9.18. The zero-order chi connectivity index (χ0) is 23.2. The van der Waals surface area contributed by atoms with E-state index in [0.29, 0.717) is 13.0 Å². The van der Waals surface area contributed by atoms with E-state index in [9.17, 15) is 9.90 Å². The van der Waals surface area contributed by atoms with E-state index in [-0.39, 0.29) is 17.7 Å². The van der Waals surface area contributed by atoms with Crippen molar-refractivity contribution in [2.24, 2.45) is 0 Å². The van der Waals surface area contributed by atoms with Crippen LogP contribution >= 0.6 is 0 Å². The van der Waals surface area contributed by atoms with Gasteiger partial charge in [-0.1, -0.05) is 57.2 Å². The zero-order valence-corrected chi connectivity index (χ0v) is 21.1. The first-order valence-electron chi connectivity index (χ1n) is 10.6. The van der Waals surface area contributed by atoms with Crippen LogP contribution in [0.2, 0.25) is 18.1 Å². The lowest BCUT2D eigenvalue weighted by molar-refractivity contribution is -0.0185. The van der Waals surface area contributed by atoms with Gasteiger partial charge in [-0.05, 0) is 50.9 Å². The van der Waals surface area contributed by atoms with E-state index in [1.807, 2.05) is 51.1 Å². The van der Waals surface area contributed by atoms with Gasteiger partial charge in [0.1, 0.15) is 5.60 Å². The van der Waals surface area contributed by atoms with Crippen molar-refractivity contribution in [3.63, 3.8) is 0 Å². The van der Waals surface area contributed by atoms with Crippen LogP contribution in [-0.4, -0.2) is 48.8 Å². The van der Waals surface area contributed by atoms with E-state index in [1.54, 1.807) is 11.0 Å². The highest BCUT2D eigenvalue weighted by Crippen LogP contribution is 2.38. The summed E-state index contributed by atoms with van der Waals surface area (Å²) >= 11 is 0. The average Bonchev–Trinajstić information content (AvgIpc) is 2.59. The minimum absolute atomic E-state index is 0.00258. The molecule has 0 spiro atoms. The number of rotatable bonds is 9. The van der Waals surface area contributed by atoms with Crippen molar-refractivity contribution in [2.45, 2.75) is 90.4 Å². The molecule has 0 aromatic heterocycles. The molecule has 0 heterocycles. The second-order valence-electron chi connectivity index (χ2n) is 10.3. The van der Waals surface area contributed by atoms with E-state index < -0.39 is 26.1 Å². The fourth-order valence-corrected chi connectivity index (χ4v) is 4.20. The third-order valence-corrected chi connectivity index (χ3v) is 10.00. The molecule has 6 heteroatoms. The lowest BCUT2D eigenvalue weighted by Crippen LogP contribution is -2.55. The highest BCUT2D eigenvalue weighted by Gasteiger charge is 2.42. The van der Waals surface area contributed by atoms with Gasteiger partial charge in [-0.2, -0.15) is 0 Å². The number of benzene rings is 1. The second-order valence-corrected chi connectivity index (χ2v) is 15.0. The van der Waals surface area contributed by atoms with Gasteiger partial charge in [-0.25, -0.2) is 4.79 Å². The Hall–Kier alpha value is -1.63. The Labute approximate surface area is 184 Å². The molecular weight excluding hydrogens is 394 g/mol. The third kappa shape index (κ3) is 7.89. The van der Waals surface area contributed by atoms with Gasteiger partial charge in [0.05, 0.1) is 18.8 Å². The molecule has 1 aromatic carbocycles. The van der Waals surface area contributed by atoms with Crippen molar-refractivity contribution in [1.29, 1.82) is 0 Å². The standard InChI is InChI=1S/C24H41NO4Si/c1-10-14-21(29-30(8,9)24(5,6)7)20(18-26)25(22(27)28-23(2,3)4)17-19-15-12-11-13-16-19/h10-13,15-16,20-21,26H,1,14,17-18H2,2-9H3/t20-,21+/m1/s1. The summed E-state index contributed by atoms with van der Waals surface area (Å²) in [5.74, 6) is 0. The maximum atomic E-state index is 13.2. The first kappa shape index (κ1) is 26.4. The van der Waals surface area contributed by atoms with Crippen molar-refractivity contribution in [3.8, 4) is 0 Å². The topological polar surface area (TPSA) is 59.0 Å². The number of carbonyl (C=O) groups excluding carboxylic acids is 1. The third-order valence-electron chi connectivity index (χ3n) is 5.49. The van der Waals surface area contributed by atoms with Gasteiger partial charge >= 0.3 is 6.09 Å². The van der Waals surface area contributed by atoms with Crippen LogP contribution in [-0.2, 0) is 15.7 Å². The molecule has 0 bridgehead atoms. The van der Waals surface area contributed by atoms with Crippen LogP contribution in [0, 0.1) is 0 Å². The Balaban J connectivity index is 3.31. The summed E-state index contributed by atoms with van der Waals surface area (Å²) in [5.41, 5.74) is 0.326. The molecule has 0 saturated heterocycles. The van der Waals surface area contributed by atoms with Gasteiger partial charge in [0.25, 0.3) is 0 Å². The fraction of sp³-hybridized carbons (Fsp3) is 0.625. The van der Waals surface area contributed by atoms with Crippen molar-refractivity contribution in [2.75, 3.05) is 6.61 Å². The summed E-state index contributed by atoms with van der Waals surface area (Å²) in [6.07, 6.45) is 1.49. The van der Waals surface area contributed by atoms with Crippen LogP contribution in [0.15, 0.2) is 43.0 Å². The largest absolute Gasteiger partial charge is 0.444 e. The SMILES string of the molecule is C=CC[C@H](O[Si](C)(C)C(C)(C)C)[C@@H](CO)N(Cc1ccccc1)C(=O)OC(C)(C)C. The molecule has 1 rings (SSSR count). The molecule has 0 saturated carbocycles. The smallest absolute Gasteiger partial charge is 0.411 e. The Kier molecular flexibility index (Phi) is 9.33. The van der Waals surface area contributed by atoms with Gasteiger partial charge in [-0.15, -0.1) is 6.58 Å². The molecule has 2 atom stereocenters. The summed E-state index contributed by atoms with van der Waals surface area (Å²) in [5, 5.41) is 10.4. The second kappa shape index (κ2) is 10.6. The maximum Gasteiger partial charge on any atom is 0.411 e. The van der Waals surface area contributed by atoms with E-state index in [2.05, 4.69) is 40.4 Å². The van der Waals surface area contributed by atoms with Crippen molar-refractivity contribution in [1.82, 2.24) is 4.90 Å². The number of aliphatic hydroxyl groups excluding tert-OH is 1. The first-order chi connectivity index (χ1) is 13.7. The van der Waals surface area contributed by atoms with Crippen LogP contribution < -0.4 is 0 Å². The molecule has 1 N–H and O–H groups in total. The van der Waals surface area contributed by atoms with E-state index in [4.69, 9.17) is 9.16 Å². The van der Waals surface area contributed by atoms with Gasteiger partial charge in [0.2, 0.25) is 0 Å². The molecular formula is C24H41NO4Si. The summed E-state index contributed by atoms with van der Waals surface area (Å²) in [6.45, 7) is 20.4. The minimum Gasteiger partial charge on any atom is -0.444 e. The lowest BCUT2D eigenvalue weighted by atomic mass is 10.1. The monoisotopic (exact) mass is 435 g/mol. The predicted octanol–water partition coefficient (Wildman–Crippen LogP) is 5.75. The minimum atomic E-state index is -2.14. The van der Waals surface area contributed by atoms with Crippen LogP contribution in [0.5, 0.6) is 0 Å². The zero-order valence-electron chi connectivity index (χ0n) is 20.1. The molecule has 0 unspecified atom stereocenters. The first-order valence-corrected chi connectivity index (χ1v) is 13.6. The number of ether oxygens (including phenoxy) is 1. The van der Waals surface area contributed by atoms with E-state index in [0.717, 1.165) is 5.56 Å². The predicted molar refractivity (Wildman–Crippen MR) is 126 cm³/mol. The Bertz CT molecular complexity index is 677. The molecule has 1 aromatic rings. The summed E-state index contributed by atoms with van der Waals surface area (Å²) < 4.78 is 12.3. The summed E-state index contributed by atoms with van der Waals surface area (Å²) in [4.78, 5) is 14.8. The van der Waals surface area contributed by atoms with Crippen molar-refractivity contribution >= 4 is 14.4 Å². The number of hydrogen-bond donors (Lipinski definition) is 1. The molecule has 30 heavy (non-hydrogen) atoms. The molecule has 0 aliphatic carbocycles. The lowest BCUT2D eigenvalue weighted by Gasteiger charge is -2.43. The molecule has 170 valence electrons. The molecule has 0 aliphatic heterocycles. The number of amides is 1. The molecule has 1 amide bonds. The number of hydrogen-bond acceptors (Lipinski definition) is 4.